The summed E-state index contributed by atoms with van der Waals surface area (Å²) in [5.41, 5.74) is 6.78. The molecule has 5 aromatic rings. The second-order valence-corrected chi connectivity index (χ2v) is 7.42. The fourth-order valence-electron chi connectivity index (χ4n) is 3.59. The molecule has 5 nitrogen and oxygen atoms in total. The number of rotatable bonds is 3. The fourth-order valence-corrected chi connectivity index (χ4v) is 3.59. The van der Waals surface area contributed by atoms with Crippen molar-refractivity contribution in [3.05, 3.63) is 95.9 Å². The van der Waals surface area contributed by atoms with Gasteiger partial charge in [0.1, 0.15) is 11.3 Å². The minimum absolute atomic E-state index is 0.230. The zero-order chi connectivity index (χ0) is 20.7. The molecule has 0 aliphatic carbocycles. The monoisotopic (exact) mass is 392 g/mol. The van der Waals surface area contributed by atoms with Gasteiger partial charge in [-0.3, -0.25) is 4.79 Å². The molecule has 0 saturated heterocycles. The van der Waals surface area contributed by atoms with E-state index in [9.17, 15) is 4.79 Å². The molecule has 5 rings (SSSR count). The molecule has 0 fully saturated rings. The van der Waals surface area contributed by atoms with Crippen molar-refractivity contribution in [2.75, 3.05) is 5.32 Å². The van der Waals surface area contributed by atoms with E-state index < -0.39 is 0 Å². The van der Waals surface area contributed by atoms with Gasteiger partial charge in [-0.05, 0) is 49.2 Å². The van der Waals surface area contributed by atoms with Crippen molar-refractivity contribution in [3.8, 4) is 11.3 Å². The van der Waals surface area contributed by atoms with Gasteiger partial charge in [0.05, 0.1) is 11.2 Å². The molecule has 30 heavy (non-hydrogen) atoms. The molecule has 5 heteroatoms. The van der Waals surface area contributed by atoms with Gasteiger partial charge < -0.3 is 9.72 Å². The molecular formula is C25H20N4O. The highest BCUT2D eigenvalue weighted by molar-refractivity contribution is 6.04. The molecule has 0 radical (unpaired) electrons. The minimum atomic E-state index is -0.230. The number of nitrogens with one attached hydrogen (secondary N) is 1. The Morgan fingerprint density at radius 3 is 2.63 bits per heavy atom. The molecule has 1 N–H and O–H groups in total. The minimum Gasteiger partial charge on any atom is -0.320 e. The maximum Gasteiger partial charge on any atom is 0.274 e. The summed E-state index contributed by atoms with van der Waals surface area (Å²) in [6.45, 7) is 4.02. The molecule has 1 amide bonds. The van der Waals surface area contributed by atoms with Crippen LogP contribution in [0.2, 0.25) is 0 Å². The second-order valence-electron chi connectivity index (χ2n) is 7.42. The van der Waals surface area contributed by atoms with Gasteiger partial charge in [0, 0.05) is 29.0 Å². The van der Waals surface area contributed by atoms with Crippen LogP contribution in [0, 0.1) is 13.8 Å². The number of fused-ring (bicyclic) bond motifs is 2. The predicted octanol–water partition coefficient (Wildman–Crippen LogP) is 5.42. The first-order valence-corrected chi connectivity index (χ1v) is 9.81. The van der Waals surface area contributed by atoms with Crippen LogP contribution in [0.4, 0.5) is 5.69 Å². The number of aryl methyl sites for hydroxylation is 2. The number of amides is 1. The summed E-state index contributed by atoms with van der Waals surface area (Å²) in [4.78, 5) is 22.1. The third kappa shape index (κ3) is 3.20. The fraction of sp³-hybridized carbons (Fsp3) is 0.0800. The van der Waals surface area contributed by atoms with Gasteiger partial charge in [0.25, 0.3) is 5.91 Å². The van der Waals surface area contributed by atoms with Crippen LogP contribution in [0.1, 0.15) is 21.6 Å². The van der Waals surface area contributed by atoms with Gasteiger partial charge in [-0.25, -0.2) is 9.97 Å². The third-order valence-electron chi connectivity index (χ3n) is 5.29. The van der Waals surface area contributed by atoms with Crippen LogP contribution in [0.25, 0.3) is 27.8 Å². The van der Waals surface area contributed by atoms with Crippen LogP contribution < -0.4 is 5.32 Å². The Hall–Kier alpha value is -3.99. The summed E-state index contributed by atoms with van der Waals surface area (Å²) in [6.07, 6.45) is 3.99. The number of hydrogen-bond donors (Lipinski definition) is 1. The van der Waals surface area contributed by atoms with Gasteiger partial charge in [-0.2, -0.15) is 0 Å². The van der Waals surface area contributed by atoms with E-state index >= 15 is 0 Å². The van der Waals surface area contributed by atoms with Crippen LogP contribution in [-0.2, 0) is 0 Å². The molecule has 0 spiro atoms. The van der Waals surface area contributed by atoms with Crippen molar-refractivity contribution >= 4 is 28.1 Å². The zero-order valence-electron chi connectivity index (χ0n) is 16.8. The van der Waals surface area contributed by atoms with E-state index in [2.05, 4.69) is 10.3 Å². The molecule has 0 bridgehead atoms. The summed E-state index contributed by atoms with van der Waals surface area (Å²) in [6, 6.07) is 21.5. The number of carbonyl (C=O) groups is 1. The average molecular weight is 392 g/mol. The van der Waals surface area contributed by atoms with Crippen LogP contribution in [0.5, 0.6) is 0 Å². The van der Waals surface area contributed by atoms with Gasteiger partial charge in [0.15, 0.2) is 0 Å². The van der Waals surface area contributed by atoms with Crippen molar-refractivity contribution in [1.82, 2.24) is 14.4 Å². The molecule has 3 aromatic heterocycles. The number of hydrogen-bond acceptors (Lipinski definition) is 3. The lowest BCUT2D eigenvalue weighted by atomic mass is 10.1. The van der Waals surface area contributed by atoms with E-state index in [4.69, 9.17) is 4.98 Å². The number of carbonyl (C=O) groups excluding carboxylic acids is 1. The number of para-hydroxylation sites is 1. The SMILES string of the molecule is Cc1ccc(-c2cn3cccc(C)c3n2)cc1NC(=O)c1ccc2ccccc2n1. The standard InChI is InChI=1S/C25H20N4O/c1-16-9-10-19(23-15-29-13-5-6-17(2)24(29)27-23)14-22(16)28-25(30)21-12-11-18-7-3-4-8-20(18)26-21/h3-15H,1-2H3,(H,28,30). The number of pyridine rings is 2. The maximum absolute atomic E-state index is 12.8. The van der Waals surface area contributed by atoms with Gasteiger partial charge in [0.2, 0.25) is 0 Å². The number of aromatic nitrogens is 3. The topological polar surface area (TPSA) is 59.3 Å². The zero-order valence-corrected chi connectivity index (χ0v) is 16.8. The largest absolute Gasteiger partial charge is 0.320 e. The summed E-state index contributed by atoms with van der Waals surface area (Å²) in [7, 11) is 0. The summed E-state index contributed by atoms with van der Waals surface area (Å²) in [5.74, 6) is -0.230. The van der Waals surface area contributed by atoms with Crippen molar-refractivity contribution in [2.24, 2.45) is 0 Å². The highest BCUT2D eigenvalue weighted by Crippen LogP contribution is 2.26. The maximum atomic E-state index is 12.8. The third-order valence-corrected chi connectivity index (χ3v) is 5.29. The summed E-state index contributed by atoms with van der Waals surface area (Å²) in [5, 5.41) is 4.02. The highest BCUT2D eigenvalue weighted by Gasteiger charge is 2.12. The Kier molecular flexibility index (Phi) is 4.29. The normalized spacial score (nSPS) is 11.1. The Balaban J connectivity index is 1.48. The molecule has 0 saturated carbocycles. The van der Waals surface area contributed by atoms with E-state index in [0.717, 1.165) is 44.6 Å². The van der Waals surface area contributed by atoms with Gasteiger partial charge >= 0.3 is 0 Å². The predicted molar refractivity (Wildman–Crippen MR) is 120 cm³/mol. The number of benzene rings is 2. The Labute approximate surface area is 174 Å². The molecular weight excluding hydrogens is 372 g/mol. The lowest BCUT2D eigenvalue weighted by Crippen LogP contribution is -2.14. The first-order chi connectivity index (χ1) is 14.6. The van der Waals surface area contributed by atoms with Crippen LogP contribution in [-0.4, -0.2) is 20.3 Å². The van der Waals surface area contributed by atoms with Gasteiger partial charge in [-0.15, -0.1) is 0 Å². The Bertz CT molecular complexity index is 1420. The quantitative estimate of drug-likeness (QED) is 0.446. The Morgan fingerprint density at radius 2 is 1.77 bits per heavy atom. The van der Waals surface area contributed by atoms with Crippen molar-refractivity contribution in [3.63, 3.8) is 0 Å². The van der Waals surface area contributed by atoms with E-state index in [1.54, 1.807) is 6.07 Å². The smallest absolute Gasteiger partial charge is 0.274 e. The lowest BCUT2D eigenvalue weighted by molar-refractivity contribution is 0.102. The highest BCUT2D eigenvalue weighted by atomic mass is 16.1. The van der Waals surface area contributed by atoms with Crippen LogP contribution in [0.3, 0.4) is 0 Å². The molecule has 146 valence electrons. The molecule has 0 aliphatic heterocycles. The van der Waals surface area contributed by atoms with E-state index in [1.165, 1.54) is 0 Å². The lowest BCUT2D eigenvalue weighted by Gasteiger charge is -2.10. The van der Waals surface area contributed by atoms with Crippen LogP contribution in [0.15, 0.2) is 79.1 Å². The first-order valence-electron chi connectivity index (χ1n) is 9.81. The first kappa shape index (κ1) is 18.1. The summed E-state index contributed by atoms with van der Waals surface area (Å²) < 4.78 is 2.02. The average Bonchev–Trinajstić information content (AvgIpc) is 3.20. The Morgan fingerprint density at radius 1 is 0.900 bits per heavy atom. The molecule has 0 aliphatic rings. The van der Waals surface area contributed by atoms with Crippen LogP contribution >= 0.6 is 0 Å². The van der Waals surface area contributed by atoms with Gasteiger partial charge in [-0.1, -0.05) is 42.5 Å². The van der Waals surface area contributed by atoms with E-state index in [-0.39, 0.29) is 5.91 Å². The molecule has 0 atom stereocenters. The van der Waals surface area contributed by atoms with E-state index in [0.29, 0.717) is 5.69 Å². The number of nitrogens with zero attached hydrogens (tertiary/aromatic N) is 3. The van der Waals surface area contributed by atoms with E-state index in [1.807, 2.05) is 91.3 Å². The molecule has 0 unspecified atom stereocenters. The number of anilines is 1. The molecule has 2 aromatic carbocycles. The van der Waals surface area contributed by atoms with Crippen molar-refractivity contribution in [1.29, 1.82) is 0 Å². The van der Waals surface area contributed by atoms with Crippen molar-refractivity contribution < 1.29 is 4.79 Å². The summed E-state index contributed by atoms with van der Waals surface area (Å²) >= 11 is 0. The molecule has 3 heterocycles. The second kappa shape index (κ2) is 7.12. The van der Waals surface area contributed by atoms with Crippen molar-refractivity contribution in [2.45, 2.75) is 13.8 Å². The number of imidazole rings is 1.